The molecule has 0 aliphatic heterocycles. The van der Waals surface area contributed by atoms with Gasteiger partial charge in [0.15, 0.2) is 5.13 Å². The van der Waals surface area contributed by atoms with E-state index < -0.39 is 0 Å². The molecule has 4 nitrogen and oxygen atoms in total. The molecule has 1 aromatic heterocycles. The number of aromatic nitrogens is 1. The van der Waals surface area contributed by atoms with E-state index in [0.29, 0.717) is 5.92 Å². The predicted molar refractivity (Wildman–Crippen MR) is 92.5 cm³/mol. The van der Waals surface area contributed by atoms with Crippen LogP contribution < -0.4 is 10.2 Å². The fourth-order valence-electron chi connectivity index (χ4n) is 2.11. The van der Waals surface area contributed by atoms with Gasteiger partial charge in [0.25, 0.3) is 0 Å². The summed E-state index contributed by atoms with van der Waals surface area (Å²) in [5, 5.41) is 4.78. The van der Waals surface area contributed by atoms with Crippen LogP contribution in [-0.4, -0.2) is 49.7 Å². The monoisotopic (exact) mass is 310 g/mol. The lowest BCUT2D eigenvalue weighted by Gasteiger charge is -2.20. The Bertz CT molecular complexity index is 457. The van der Waals surface area contributed by atoms with Crippen molar-refractivity contribution in [1.29, 1.82) is 0 Å². The number of nitrogens with one attached hydrogen (secondary N) is 1. The topological polar surface area (TPSA) is 31.4 Å². The summed E-state index contributed by atoms with van der Waals surface area (Å²) >= 11 is 1.86. The zero-order chi connectivity index (χ0) is 15.6. The van der Waals surface area contributed by atoms with Crippen molar-refractivity contribution in [2.24, 2.45) is 0 Å². The average Bonchev–Trinajstić information content (AvgIpc) is 3.12. The quantitative estimate of drug-likeness (QED) is 0.839. The molecule has 0 aromatic carbocycles. The summed E-state index contributed by atoms with van der Waals surface area (Å²) in [4.78, 5) is 10.9. The van der Waals surface area contributed by atoms with E-state index in [-0.39, 0.29) is 5.54 Å². The molecule has 21 heavy (non-hydrogen) atoms. The Labute approximate surface area is 133 Å². The maximum atomic E-state index is 4.94. The molecule has 0 unspecified atom stereocenters. The molecule has 1 heterocycles. The summed E-state index contributed by atoms with van der Waals surface area (Å²) in [6.45, 7) is 9.68. The number of likely N-dealkylation sites (N-methyl/N-ethyl adjacent to an activating group) is 2. The van der Waals surface area contributed by atoms with Gasteiger partial charge in [-0.05, 0) is 47.7 Å². The molecule has 1 aromatic rings. The lowest BCUT2D eigenvalue weighted by atomic mass is 10.1. The fourth-order valence-corrected chi connectivity index (χ4v) is 3.18. The van der Waals surface area contributed by atoms with E-state index in [1.54, 1.807) is 0 Å². The summed E-state index contributed by atoms with van der Waals surface area (Å²) in [6, 6.07) is 0. The first kappa shape index (κ1) is 16.7. The van der Waals surface area contributed by atoms with E-state index in [9.17, 15) is 0 Å². The number of hydrogen-bond donors (Lipinski definition) is 1. The van der Waals surface area contributed by atoms with Crippen molar-refractivity contribution in [3.8, 4) is 0 Å². The molecule has 0 atom stereocenters. The molecule has 5 heteroatoms. The number of nitrogens with zero attached hydrogens (tertiary/aromatic N) is 3. The van der Waals surface area contributed by atoms with Crippen molar-refractivity contribution in [1.82, 2.24) is 15.2 Å². The molecule has 2 rings (SSSR count). The molecule has 1 aliphatic rings. The van der Waals surface area contributed by atoms with E-state index in [1.807, 2.05) is 11.3 Å². The van der Waals surface area contributed by atoms with Crippen LogP contribution >= 0.6 is 11.3 Å². The Morgan fingerprint density at radius 3 is 2.38 bits per heavy atom. The second kappa shape index (κ2) is 6.63. The third-order valence-corrected chi connectivity index (χ3v) is 4.85. The molecule has 1 fully saturated rings. The Morgan fingerprint density at radius 2 is 1.86 bits per heavy atom. The highest BCUT2D eigenvalue weighted by Gasteiger charge is 2.30. The Kier molecular flexibility index (Phi) is 5.28. The Hall–Kier alpha value is -0.650. The molecule has 0 bridgehead atoms. The number of thiazole rings is 1. The standard InChI is InChI=1S/C16H30N4S/c1-16(2,3)17-11-13-14(12-7-8-12)18-15(21-13)20(6)10-9-19(4)5/h12,17H,7-11H2,1-6H3. The zero-order valence-electron chi connectivity index (χ0n) is 14.4. The highest BCUT2D eigenvalue weighted by atomic mass is 32.1. The molecule has 120 valence electrons. The lowest BCUT2D eigenvalue weighted by molar-refractivity contribution is 0.416. The lowest BCUT2D eigenvalue weighted by Crippen LogP contribution is -2.35. The minimum absolute atomic E-state index is 0.155. The third-order valence-electron chi connectivity index (χ3n) is 3.67. The van der Waals surface area contributed by atoms with Crippen molar-refractivity contribution in [2.45, 2.75) is 51.6 Å². The number of anilines is 1. The van der Waals surface area contributed by atoms with Crippen LogP contribution in [0.2, 0.25) is 0 Å². The van der Waals surface area contributed by atoms with Crippen LogP contribution in [0.3, 0.4) is 0 Å². The molecule has 1 saturated carbocycles. The highest BCUT2D eigenvalue weighted by molar-refractivity contribution is 7.15. The van der Waals surface area contributed by atoms with E-state index >= 15 is 0 Å². The van der Waals surface area contributed by atoms with Gasteiger partial charge in [0.05, 0.1) is 5.69 Å². The normalized spacial score (nSPS) is 15.8. The highest BCUT2D eigenvalue weighted by Crippen LogP contribution is 2.44. The van der Waals surface area contributed by atoms with Gasteiger partial charge >= 0.3 is 0 Å². The van der Waals surface area contributed by atoms with Crippen LogP contribution in [0.15, 0.2) is 0 Å². The van der Waals surface area contributed by atoms with E-state index in [4.69, 9.17) is 4.98 Å². The smallest absolute Gasteiger partial charge is 0.185 e. The first-order valence-electron chi connectivity index (χ1n) is 7.87. The van der Waals surface area contributed by atoms with Crippen molar-refractivity contribution < 1.29 is 0 Å². The Balaban J connectivity index is 2.05. The van der Waals surface area contributed by atoms with Crippen LogP contribution in [-0.2, 0) is 6.54 Å². The van der Waals surface area contributed by atoms with Gasteiger partial charge in [-0.25, -0.2) is 4.98 Å². The Morgan fingerprint density at radius 1 is 1.19 bits per heavy atom. The number of rotatable bonds is 7. The molecule has 0 radical (unpaired) electrons. The van der Waals surface area contributed by atoms with Gasteiger partial charge in [-0.2, -0.15) is 0 Å². The molecular formula is C16H30N4S. The maximum absolute atomic E-state index is 4.94. The van der Waals surface area contributed by atoms with Gasteiger partial charge in [0.1, 0.15) is 0 Å². The van der Waals surface area contributed by atoms with Gasteiger partial charge in [-0.3, -0.25) is 0 Å². The summed E-state index contributed by atoms with van der Waals surface area (Å²) in [6.07, 6.45) is 2.63. The van der Waals surface area contributed by atoms with Crippen molar-refractivity contribution in [2.75, 3.05) is 39.1 Å². The molecule has 0 spiro atoms. The van der Waals surface area contributed by atoms with Crippen LogP contribution in [0.25, 0.3) is 0 Å². The maximum Gasteiger partial charge on any atom is 0.185 e. The summed E-state index contributed by atoms with van der Waals surface area (Å²) in [5.74, 6) is 0.717. The summed E-state index contributed by atoms with van der Waals surface area (Å²) in [7, 11) is 6.38. The second-order valence-electron chi connectivity index (χ2n) is 7.41. The number of hydrogen-bond acceptors (Lipinski definition) is 5. The van der Waals surface area contributed by atoms with E-state index in [2.05, 4.69) is 57.0 Å². The molecule has 1 N–H and O–H groups in total. The molecule has 0 saturated heterocycles. The molecular weight excluding hydrogens is 280 g/mol. The van der Waals surface area contributed by atoms with Gasteiger partial charge in [-0.1, -0.05) is 0 Å². The second-order valence-corrected chi connectivity index (χ2v) is 8.47. The van der Waals surface area contributed by atoms with Crippen LogP contribution in [0.4, 0.5) is 5.13 Å². The van der Waals surface area contributed by atoms with Gasteiger partial charge in [0, 0.05) is 43.0 Å². The largest absolute Gasteiger partial charge is 0.350 e. The van der Waals surface area contributed by atoms with E-state index in [1.165, 1.54) is 28.5 Å². The van der Waals surface area contributed by atoms with Crippen LogP contribution in [0.5, 0.6) is 0 Å². The van der Waals surface area contributed by atoms with Crippen molar-refractivity contribution in [3.05, 3.63) is 10.6 Å². The van der Waals surface area contributed by atoms with E-state index in [0.717, 1.165) is 19.6 Å². The fraction of sp³-hybridized carbons (Fsp3) is 0.812. The predicted octanol–water partition coefficient (Wildman–Crippen LogP) is 2.91. The SMILES string of the molecule is CN(C)CCN(C)c1nc(C2CC2)c(CNC(C)(C)C)s1. The van der Waals surface area contributed by atoms with Crippen molar-refractivity contribution >= 4 is 16.5 Å². The van der Waals surface area contributed by atoms with Crippen LogP contribution in [0.1, 0.15) is 50.1 Å². The van der Waals surface area contributed by atoms with Gasteiger partial charge < -0.3 is 15.1 Å². The van der Waals surface area contributed by atoms with Crippen molar-refractivity contribution in [3.63, 3.8) is 0 Å². The third kappa shape index (κ3) is 5.24. The molecule has 0 amide bonds. The minimum Gasteiger partial charge on any atom is -0.350 e. The minimum atomic E-state index is 0.155. The summed E-state index contributed by atoms with van der Waals surface area (Å²) < 4.78 is 0. The zero-order valence-corrected chi connectivity index (χ0v) is 15.2. The van der Waals surface area contributed by atoms with Gasteiger partial charge in [0.2, 0.25) is 0 Å². The molecule has 1 aliphatic carbocycles. The average molecular weight is 311 g/mol. The van der Waals surface area contributed by atoms with Gasteiger partial charge in [-0.15, -0.1) is 11.3 Å². The summed E-state index contributed by atoms with van der Waals surface area (Å²) in [5.41, 5.74) is 1.50. The first-order valence-corrected chi connectivity index (χ1v) is 8.68. The van der Waals surface area contributed by atoms with Crippen LogP contribution in [0, 0.1) is 0 Å². The first-order chi connectivity index (χ1) is 9.76.